The lowest BCUT2D eigenvalue weighted by atomic mass is 10.0. The Kier molecular flexibility index (Phi) is 3.86. The lowest BCUT2D eigenvalue weighted by Crippen LogP contribution is -2.23. The number of halogens is 3. The zero-order chi connectivity index (χ0) is 14.0. The molecule has 2 N–H and O–H groups in total. The third-order valence-corrected chi connectivity index (χ3v) is 2.78. The van der Waals surface area contributed by atoms with Gasteiger partial charge in [-0.25, -0.2) is 0 Å². The highest BCUT2D eigenvalue weighted by Gasteiger charge is 2.38. The van der Waals surface area contributed by atoms with Crippen molar-refractivity contribution in [2.75, 3.05) is 26.8 Å². The molecule has 0 spiro atoms. The molecule has 7 heteroatoms. The first-order chi connectivity index (χ1) is 8.95. The van der Waals surface area contributed by atoms with Gasteiger partial charge in [0.1, 0.15) is 18.8 Å². The standard InChI is InChI=1S/C12H14F3NO3/c1-16-6-9(17)7-2-3-8(12(13,14)15)11-10(7)18-4-5-19-11/h2-3,9,16-17H,4-6H2,1H3. The summed E-state index contributed by atoms with van der Waals surface area (Å²) in [6.07, 6.45) is -5.47. The summed E-state index contributed by atoms with van der Waals surface area (Å²) in [5.41, 5.74) is -0.598. The zero-order valence-electron chi connectivity index (χ0n) is 10.3. The Morgan fingerprint density at radius 2 is 1.89 bits per heavy atom. The lowest BCUT2D eigenvalue weighted by molar-refractivity contribution is -0.139. The van der Waals surface area contributed by atoms with Crippen LogP contribution < -0.4 is 14.8 Å². The summed E-state index contributed by atoms with van der Waals surface area (Å²) in [5.74, 6) is -0.366. The van der Waals surface area contributed by atoms with E-state index < -0.39 is 17.8 Å². The number of hydrogen-bond donors (Lipinski definition) is 2. The van der Waals surface area contributed by atoms with E-state index in [4.69, 9.17) is 9.47 Å². The van der Waals surface area contributed by atoms with E-state index in [1.54, 1.807) is 7.05 Å². The van der Waals surface area contributed by atoms with Gasteiger partial charge in [0.05, 0.1) is 6.10 Å². The minimum absolute atomic E-state index is 0.0242. The highest BCUT2D eigenvalue weighted by Crippen LogP contribution is 2.46. The predicted octanol–water partition coefficient (Wildman–Crippen LogP) is 1.73. The third kappa shape index (κ3) is 2.76. The predicted molar refractivity (Wildman–Crippen MR) is 61.3 cm³/mol. The van der Waals surface area contributed by atoms with Crippen LogP contribution in [0.15, 0.2) is 12.1 Å². The van der Waals surface area contributed by atoms with Crippen LogP contribution in [0.2, 0.25) is 0 Å². The summed E-state index contributed by atoms with van der Waals surface area (Å²) >= 11 is 0. The van der Waals surface area contributed by atoms with Crippen LogP contribution in [-0.2, 0) is 6.18 Å². The van der Waals surface area contributed by atoms with E-state index in [0.717, 1.165) is 6.07 Å². The average molecular weight is 277 g/mol. The van der Waals surface area contributed by atoms with E-state index in [2.05, 4.69) is 5.32 Å². The lowest BCUT2D eigenvalue weighted by Gasteiger charge is -2.26. The van der Waals surface area contributed by atoms with E-state index in [0.29, 0.717) is 0 Å². The van der Waals surface area contributed by atoms with Gasteiger partial charge in [-0.2, -0.15) is 13.2 Å². The van der Waals surface area contributed by atoms with Gasteiger partial charge < -0.3 is 19.9 Å². The van der Waals surface area contributed by atoms with Crippen LogP contribution in [-0.4, -0.2) is 31.9 Å². The van der Waals surface area contributed by atoms with Gasteiger partial charge in [-0.05, 0) is 13.1 Å². The molecule has 0 amide bonds. The molecular formula is C12H14F3NO3. The quantitative estimate of drug-likeness (QED) is 0.883. The van der Waals surface area contributed by atoms with Gasteiger partial charge in [0, 0.05) is 12.1 Å². The molecule has 106 valence electrons. The molecule has 1 unspecified atom stereocenters. The summed E-state index contributed by atoms with van der Waals surface area (Å²) in [4.78, 5) is 0. The maximum atomic E-state index is 12.8. The van der Waals surface area contributed by atoms with Crippen LogP contribution in [0.4, 0.5) is 13.2 Å². The number of aliphatic hydroxyl groups is 1. The zero-order valence-corrected chi connectivity index (χ0v) is 10.3. The number of benzene rings is 1. The highest BCUT2D eigenvalue weighted by molar-refractivity contribution is 5.54. The van der Waals surface area contributed by atoms with Crippen LogP contribution >= 0.6 is 0 Å². The average Bonchev–Trinajstić information content (AvgIpc) is 2.36. The van der Waals surface area contributed by atoms with E-state index in [1.807, 2.05) is 0 Å². The first-order valence-corrected chi connectivity index (χ1v) is 5.77. The van der Waals surface area contributed by atoms with Gasteiger partial charge in [0.15, 0.2) is 11.5 Å². The van der Waals surface area contributed by atoms with Crippen LogP contribution in [0.1, 0.15) is 17.2 Å². The van der Waals surface area contributed by atoms with Crippen molar-refractivity contribution >= 4 is 0 Å². The largest absolute Gasteiger partial charge is 0.486 e. The molecule has 0 bridgehead atoms. The Bertz CT molecular complexity index is 462. The van der Waals surface area contributed by atoms with Crippen molar-refractivity contribution < 1.29 is 27.8 Å². The fourth-order valence-corrected chi connectivity index (χ4v) is 1.95. The van der Waals surface area contributed by atoms with Gasteiger partial charge >= 0.3 is 6.18 Å². The topological polar surface area (TPSA) is 50.7 Å². The van der Waals surface area contributed by atoms with Crippen molar-refractivity contribution in [1.82, 2.24) is 5.32 Å². The molecular weight excluding hydrogens is 263 g/mol. The maximum absolute atomic E-state index is 12.8. The summed E-state index contributed by atoms with van der Waals surface area (Å²) in [5, 5.41) is 12.6. The second kappa shape index (κ2) is 5.26. The van der Waals surface area contributed by atoms with Gasteiger partial charge in [0.25, 0.3) is 0 Å². The first kappa shape index (κ1) is 14.0. The number of fused-ring (bicyclic) bond motifs is 1. The Labute approximate surface area is 108 Å². The van der Waals surface area contributed by atoms with Crippen molar-refractivity contribution in [2.45, 2.75) is 12.3 Å². The second-order valence-corrected chi connectivity index (χ2v) is 4.13. The van der Waals surface area contributed by atoms with E-state index >= 15 is 0 Å². The smallest absolute Gasteiger partial charge is 0.420 e. The normalized spacial score (nSPS) is 16.3. The Morgan fingerprint density at radius 1 is 1.26 bits per heavy atom. The molecule has 19 heavy (non-hydrogen) atoms. The monoisotopic (exact) mass is 277 g/mol. The van der Waals surface area contributed by atoms with Crippen molar-refractivity contribution in [3.63, 3.8) is 0 Å². The molecule has 0 fully saturated rings. The Balaban J connectivity index is 2.49. The minimum Gasteiger partial charge on any atom is -0.486 e. The molecule has 0 aliphatic carbocycles. The number of aliphatic hydroxyl groups excluding tert-OH is 1. The molecule has 1 aliphatic rings. The highest BCUT2D eigenvalue weighted by atomic mass is 19.4. The van der Waals surface area contributed by atoms with Crippen LogP contribution in [0.3, 0.4) is 0 Å². The molecule has 0 saturated carbocycles. The van der Waals surface area contributed by atoms with Gasteiger partial charge in [-0.3, -0.25) is 0 Å². The third-order valence-electron chi connectivity index (χ3n) is 2.78. The van der Waals surface area contributed by atoms with Crippen molar-refractivity contribution in [3.8, 4) is 11.5 Å². The molecule has 0 radical (unpaired) electrons. The summed E-state index contributed by atoms with van der Waals surface area (Å²) in [6.45, 7) is 0.427. The fraction of sp³-hybridized carbons (Fsp3) is 0.500. The molecule has 1 aliphatic heterocycles. The maximum Gasteiger partial charge on any atom is 0.420 e. The van der Waals surface area contributed by atoms with E-state index in [1.165, 1.54) is 6.07 Å². The number of alkyl halides is 3. The first-order valence-electron chi connectivity index (χ1n) is 5.77. The Hall–Kier alpha value is -1.47. The molecule has 0 aromatic heterocycles. The molecule has 1 heterocycles. The van der Waals surface area contributed by atoms with Crippen molar-refractivity contribution in [1.29, 1.82) is 0 Å². The van der Waals surface area contributed by atoms with Crippen LogP contribution in [0, 0.1) is 0 Å². The minimum atomic E-state index is -4.52. The van der Waals surface area contributed by atoms with E-state index in [9.17, 15) is 18.3 Å². The summed E-state index contributed by atoms with van der Waals surface area (Å²) in [7, 11) is 1.64. The van der Waals surface area contributed by atoms with Gasteiger partial charge in [0.2, 0.25) is 0 Å². The number of hydrogen-bond acceptors (Lipinski definition) is 4. The number of likely N-dealkylation sites (N-methyl/N-ethyl adjacent to an activating group) is 1. The molecule has 1 aromatic carbocycles. The van der Waals surface area contributed by atoms with Crippen molar-refractivity contribution in [2.24, 2.45) is 0 Å². The van der Waals surface area contributed by atoms with Gasteiger partial charge in [-0.15, -0.1) is 0 Å². The Morgan fingerprint density at radius 3 is 2.47 bits per heavy atom. The van der Waals surface area contributed by atoms with E-state index in [-0.39, 0.29) is 36.8 Å². The fourth-order valence-electron chi connectivity index (χ4n) is 1.95. The molecule has 1 atom stereocenters. The molecule has 1 aromatic rings. The SMILES string of the molecule is CNCC(O)c1ccc(C(F)(F)F)c2c1OCCO2. The molecule has 2 rings (SSSR count). The van der Waals surface area contributed by atoms with Crippen LogP contribution in [0.25, 0.3) is 0 Å². The van der Waals surface area contributed by atoms with Crippen molar-refractivity contribution in [3.05, 3.63) is 23.3 Å². The molecule has 0 saturated heterocycles. The van der Waals surface area contributed by atoms with Crippen LogP contribution in [0.5, 0.6) is 11.5 Å². The second-order valence-electron chi connectivity index (χ2n) is 4.13. The number of ether oxygens (including phenoxy) is 2. The number of rotatable bonds is 3. The van der Waals surface area contributed by atoms with Gasteiger partial charge in [-0.1, -0.05) is 6.07 Å². The molecule has 4 nitrogen and oxygen atoms in total. The number of nitrogens with one attached hydrogen (secondary N) is 1. The summed E-state index contributed by atoms with van der Waals surface area (Å²) in [6, 6.07) is 2.13. The summed E-state index contributed by atoms with van der Waals surface area (Å²) < 4.78 is 48.9.